The zero-order chi connectivity index (χ0) is 10.5. The summed E-state index contributed by atoms with van der Waals surface area (Å²) in [5.41, 5.74) is 0. The summed E-state index contributed by atoms with van der Waals surface area (Å²) in [6.45, 7) is 5.55. The molecule has 0 heteroatoms. The molecule has 0 saturated carbocycles. The SMILES string of the molecule is C1=CCCC=CCC1.C=CCC=CC. The molecule has 1 rings (SSSR count). The third-order valence-corrected chi connectivity index (χ3v) is 1.87. The van der Waals surface area contributed by atoms with Crippen LogP contribution in [0, 0.1) is 0 Å². The van der Waals surface area contributed by atoms with Crippen molar-refractivity contribution >= 4 is 0 Å². The summed E-state index contributed by atoms with van der Waals surface area (Å²) in [6, 6.07) is 0. The van der Waals surface area contributed by atoms with Gasteiger partial charge in [0.25, 0.3) is 0 Å². The molecule has 0 N–H and O–H groups in total. The molecule has 0 aromatic rings. The van der Waals surface area contributed by atoms with Gasteiger partial charge in [-0.2, -0.15) is 0 Å². The lowest BCUT2D eigenvalue weighted by Crippen LogP contribution is -1.71. The highest BCUT2D eigenvalue weighted by Gasteiger charge is 1.81. The van der Waals surface area contributed by atoms with Crippen molar-refractivity contribution in [2.75, 3.05) is 0 Å². The molecule has 1 aliphatic carbocycles. The Morgan fingerprint density at radius 2 is 1.43 bits per heavy atom. The van der Waals surface area contributed by atoms with E-state index in [4.69, 9.17) is 0 Å². The number of hydrogen-bond acceptors (Lipinski definition) is 0. The van der Waals surface area contributed by atoms with Gasteiger partial charge in [0.1, 0.15) is 0 Å². The summed E-state index contributed by atoms with van der Waals surface area (Å²) in [5.74, 6) is 0. The normalized spacial score (nSPS) is 15.5. The maximum atomic E-state index is 3.55. The van der Waals surface area contributed by atoms with Crippen molar-refractivity contribution in [1.82, 2.24) is 0 Å². The molecule has 0 heterocycles. The van der Waals surface area contributed by atoms with Crippen LogP contribution in [0.3, 0.4) is 0 Å². The molecule has 0 nitrogen and oxygen atoms in total. The molecular formula is C14H22. The van der Waals surface area contributed by atoms with Crippen molar-refractivity contribution in [2.45, 2.75) is 39.0 Å². The monoisotopic (exact) mass is 190 g/mol. The second-order valence-electron chi connectivity index (χ2n) is 3.19. The second kappa shape index (κ2) is 12.0. The van der Waals surface area contributed by atoms with Gasteiger partial charge in [-0.3, -0.25) is 0 Å². The topological polar surface area (TPSA) is 0 Å². The lowest BCUT2D eigenvalue weighted by atomic mass is 10.1. The summed E-state index contributed by atoms with van der Waals surface area (Å²) in [7, 11) is 0. The molecule has 0 radical (unpaired) electrons. The van der Waals surface area contributed by atoms with Gasteiger partial charge >= 0.3 is 0 Å². The lowest BCUT2D eigenvalue weighted by Gasteiger charge is -1.92. The highest BCUT2D eigenvalue weighted by Crippen LogP contribution is 2.02. The van der Waals surface area contributed by atoms with E-state index in [0.717, 1.165) is 6.42 Å². The first-order valence-corrected chi connectivity index (χ1v) is 5.44. The lowest BCUT2D eigenvalue weighted by molar-refractivity contribution is 0.962. The fraction of sp³-hybridized carbons (Fsp3) is 0.429. The Kier molecular flexibility index (Phi) is 11.1. The first-order chi connectivity index (χ1) is 6.91. The molecule has 0 fully saturated rings. The predicted octanol–water partition coefficient (Wildman–Crippen LogP) is 4.81. The van der Waals surface area contributed by atoms with E-state index in [1.54, 1.807) is 0 Å². The van der Waals surface area contributed by atoms with Crippen molar-refractivity contribution in [3.8, 4) is 0 Å². The summed E-state index contributed by atoms with van der Waals surface area (Å²) in [5, 5.41) is 0. The number of allylic oxidation sites excluding steroid dienone is 7. The molecule has 0 aromatic heterocycles. The van der Waals surface area contributed by atoms with Crippen LogP contribution in [0.4, 0.5) is 0 Å². The van der Waals surface area contributed by atoms with Gasteiger partial charge in [-0.25, -0.2) is 0 Å². The van der Waals surface area contributed by atoms with E-state index < -0.39 is 0 Å². The molecule has 0 unspecified atom stereocenters. The van der Waals surface area contributed by atoms with Crippen LogP contribution in [0.5, 0.6) is 0 Å². The minimum atomic E-state index is 0.997. The van der Waals surface area contributed by atoms with E-state index in [0.29, 0.717) is 0 Å². The Balaban J connectivity index is 0.000000255. The largest absolute Gasteiger partial charge is 0.103 e. The van der Waals surface area contributed by atoms with Crippen molar-refractivity contribution < 1.29 is 0 Å². The maximum Gasteiger partial charge on any atom is -0.0172 e. The summed E-state index contributed by atoms with van der Waals surface area (Å²) < 4.78 is 0. The Morgan fingerprint density at radius 3 is 1.64 bits per heavy atom. The Morgan fingerprint density at radius 1 is 1.00 bits per heavy atom. The summed E-state index contributed by atoms with van der Waals surface area (Å²) >= 11 is 0. The molecule has 0 aliphatic heterocycles. The number of rotatable bonds is 2. The average Bonchev–Trinajstić information content (AvgIpc) is 2.14. The molecule has 0 atom stereocenters. The van der Waals surface area contributed by atoms with Gasteiger partial charge in [0.15, 0.2) is 0 Å². The van der Waals surface area contributed by atoms with Gasteiger partial charge in [-0.1, -0.05) is 42.5 Å². The zero-order valence-electron chi connectivity index (χ0n) is 9.28. The van der Waals surface area contributed by atoms with Crippen LogP contribution in [-0.4, -0.2) is 0 Å². The van der Waals surface area contributed by atoms with E-state index in [1.807, 2.05) is 19.1 Å². The molecule has 0 spiro atoms. The first-order valence-electron chi connectivity index (χ1n) is 5.44. The zero-order valence-corrected chi connectivity index (χ0v) is 9.28. The van der Waals surface area contributed by atoms with Crippen molar-refractivity contribution in [1.29, 1.82) is 0 Å². The van der Waals surface area contributed by atoms with Gasteiger partial charge in [-0.05, 0) is 39.0 Å². The Labute approximate surface area is 88.7 Å². The van der Waals surface area contributed by atoms with E-state index in [2.05, 4.69) is 37.0 Å². The van der Waals surface area contributed by atoms with Crippen LogP contribution >= 0.6 is 0 Å². The van der Waals surface area contributed by atoms with Crippen molar-refractivity contribution in [3.63, 3.8) is 0 Å². The molecular weight excluding hydrogens is 168 g/mol. The van der Waals surface area contributed by atoms with Gasteiger partial charge < -0.3 is 0 Å². The van der Waals surface area contributed by atoms with Crippen LogP contribution in [0.25, 0.3) is 0 Å². The van der Waals surface area contributed by atoms with Crippen LogP contribution in [-0.2, 0) is 0 Å². The van der Waals surface area contributed by atoms with E-state index in [-0.39, 0.29) is 0 Å². The van der Waals surface area contributed by atoms with Crippen LogP contribution in [0.15, 0.2) is 49.1 Å². The van der Waals surface area contributed by atoms with Crippen LogP contribution in [0.1, 0.15) is 39.0 Å². The first kappa shape index (κ1) is 13.0. The molecule has 0 amide bonds. The van der Waals surface area contributed by atoms with E-state index in [9.17, 15) is 0 Å². The number of hydrogen-bond donors (Lipinski definition) is 0. The van der Waals surface area contributed by atoms with Gasteiger partial charge in [0.05, 0.1) is 0 Å². The molecule has 14 heavy (non-hydrogen) atoms. The highest BCUT2D eigenvalue weighted by molar-refractivity contribution is 4.93. The van der Waals surface area contributed by atoms with Crippen molar-refractivity contribution in [2.24, 2.45) is 0 Å². The van der Waals surface area contributed by atoms with Crippen LogP contribution < -0.4 is 0 Å². The van der Waals surface area contributed by atoms with Crippen molar-refractivity contribution in [3.05, 3.63) is 49.1 Å². The predicted molar refractivity (Wildman–Crippen MR) is 66.4 cm³/mol. The van der Waals surface area contributed by atoms with E-state index >= 15 is 0 Å². The fourth-order valence-electron chi connectivity index (χ4n) is 1.09. The second-order valence-corrected chi connectivity index (χ2v) is 3.19. The smallest absolute Gasteiger partial charge is 0.0172 e. The van der Waals surface area contributed by atoms with E-state index in [1.165, 1.54) is 25.7 Å². The summed E-state index contributed by atoms with van der Waals surface area (Å²) in [4.78, 5) is 0. The Bertz CT molecular complexity index is 168. The van der Waals surface area contributed by atoms with Crippen LogP contribution in [0.2, 0.25) is 0 Å². The van der Waals surface area contributed by atoms with Gasteiger partial charge in [-0.15, -0.1) is 6.58 Å². The highest BCUT2D eigenvalue weighted by atomic mass is 13.9. The molecule has 1 aliphatic rings. The summed E-state index contributed by atoms with van der Waals surface area (Å²) in [6.07, 6.45) is 20.9. The molecule has 78 valence electrons. The minimum absolute atomic E-state index is 0.997. The fourth-order valence-corrected chi connectivity index (χ4v) is 1.09. The maximum absolute atomic E-state index is 3.55. The third kappa shape index (κ3) is 11.0. The Hall–Kier alpha value is -1.04. The molecule has 0 bridgehead atoms. The van der Waals surface area contributed by atoms with Gasteiger partial charge in [0.2, 0.25) is 0 Å². The average molecular weight is 190 g/mol. The standard InChI is InChI=1S/C8H12.C6H10/c1-2-4-6-8-7-5-3-1;1-3-5-6-4-2/h1-2,7-8H,3-6H2;3-4,6H,1,5H2,2H3. The minimum Gasteiger partial charge on any atom is -0.103 e. The molecule has 0 aromatic carbocycles. The quantitative estimate of drug-likeness (QED) is 0.548. The molecule has 0 saturated heterocycles. The van der Waals surface area contributed by atoms with Gasteiger partial charge in [0, 0.05) is 0 Å². The third-order valence-electron chi connectivity index (χ3n) is 1.87.